The van der Waals surface area contributed by atoms with Crippen LogP contribution in [0.25, 0.3) is 0 Å². The van der Waals surface area contributed by atoms with Crippen LogP contribution in [-0.2, 0) is 18.9 Å². The molecule has 1 saturated heterocycles. The van der Waals surface area contributed by atoms with Crippen LogP contribution in [0.1, 0.15) is 46.5 Å². The number of anilines is 2. The maximum absolute atomic E-state index is 6.27. The van der Waals surface area contributed by atoms with Crippen molar-refractivity contribution in [2.45, 2.75) is 81.8 Å². The van der Waals surface area contributed by atoms with Gasteiger partial charge in [0.15, 0.2) is 21.9 Å². The van der Waals surface area contributed by atoms with Crippen LogP contribution in [0, 0.1) is 5.92 Å². The highest BCUT2D eigenvalue weighted by Crippen LogP contribution is 2.41. The van der Waals surface area contributed by atoms with Crippen molar-refractivity contribution >= 4 is 34.9 Å². The number of halogens is 1. The van der Waals surface area contributed by atoms with Gasteiger partial charge >= 0.3 is 0 Å². The second kappa shape index (κ2) is 9.97. The molecule has 8 nitrogen and oxygen atoms in total. The van der Waals surface area contributed by atoms with Crippen molar-refractivity contribution in [3.63, 3.8) is 0 Å². The molecule has 174 valence electrons. The van der Waals surface area contributed by atoms with Crippen LogP contribution < -0.4 is 11.1 Å². The van der Waals surface area contributed by atoms with Gasteiger partial charge in [0.05, 0.1) is 25.4 Å². The molecule has 2 heterocycles. The summed E-state index contributed by atoms with van der Waals surface area (Å²) in [5, 5.41) is 4.31. The molecule has 31 heavy (non-hydrogen) atoms. The fourth-order valence-electron chi connectivity index (χ4n) is 4.00. The highest BCUT2D eigenvalue weighted by atomic mass is 35.5. The van der Waals surface area contributed by atoms with Crippen molar-refractivity contribution in [3.8, 4) is 0 Å². The molecule has 4 rings (SSSR count). The fourth-order valence-corrected chi connectivity index (χ4v) is 4.92. The molecule has 0 radical (unpaired) electrons. The summed E-state index contributed by atoms with van der Waals surface area (Å²) in [5.74, 6) is 1.53. The second-order valence-corrected chi connectivity index (χ2v) is 10.3. The molecule has 3 aliphatic rings. The molecule has 1 aromatic heterocycles. The summed E-state index contributed by atoms with van der Waals surface area (Å²) in [6.07, 6.45) is 3.88. The minimum absolute atomic E-state index is 0.0681. The number of hydrogen-bond acceptors (Lipinski definition) is 9. The summed E-state index contributed by atoms with van der Waals surface area (Å²) in [4.78, 5) is 8.88. The Balaban J connectivity index is 1.40. The van der Waals surface area contributed by atoms with Gasteiger partial charge in [0.1, 0.15) is 17.9 Å². The number of hydrogen-bond donors (Lipinski definition) is 2. The Morgan fingerprint density at radius 1 is 1.23 bits per heavy atom. The van der Waals surface area contributed by atoms with Gasteiger partial charge in [0, 0.05) is 12.4 Å². The van der Waals surface area contributed by atoms with Crippen LogP contribution in [0.2, 0.25) is 5.15 Å². The summed E-state index contributed by atoms with van der Waals surface area (Å²) in [6.45, 7) is 7.93. The molecular formula is C21H33ClN4O4S. The van der Waals surface area contributed by atoms with Crippen LogP contribution >= 0.6 is 23.4 Å². The molecule has 0 unspecified atom stereocenters. The average Bonchev–Trinajstić information content (AvgIpc) is 3.42. The van der Waals surface area contributed by atoms with Gasteiger partial charge in [-0.3, -0.25) is 0 Å². The molecule has 3 N–H and O–H groups in total. The highest BCUT2D eigenvalue weighted by Gasteiger charge is 2.54. The molecule has 0 spiro atoms. The molecule has 2 aliphatic carbocycles. The lowest BCUT2D eigenvalue weighted by atomic mass is 10.2. The van der Waals surface area contributed by atoms with Gasteiger partial charge in [0.2, 0.25) is 0 Å². The maximum Gasteiger partial charge on any atom is 0.191 e. The van der Waals surface area contributed by atoms with E-state index in [1.807, 2.05) is 13.8 Å². The maximum atomic E-state index is 6.27. The molecule has 2 saturated carbocycles. The third-order valence-corrected chi connectivity index (χ3v) is 7.00. The summed E-state index contributed by atoms with van der Waals surface area (Å²) >= 11 is 7.83. The van der Waals surface area contributed by atoms with E-state index in [2.05, 4.69) is 22.2 Å². The number of rotatable bonds is 11. The van der Waals surface area contributed by atoms with Gasteiger partial charge in [-0.1, -0.05) is 30.3 Å². The lowest BCUT2D eigenvalue weighted by molar-refractivity contribution is -0.168. The van der Waals surface area contributed by atoms with Crippen LogP contribution in [0.15, 0.2) is 5.16 Å². The number of nitrogens with two attached hydrogens (primary N) is 1. The molecule has 1 aromatic rings. The fraction of sp³-hybridized carbons (Fsp3) is 0.810. The Morgan fingerprint density at radius 2 is 2.00 bits per heavy atom. The summed E-state index contributed by atoms with van der Waals surface area (Å²) < 4.78 is 24.2. The first-order chi connectivity index (χ1) is 14.9. The molecule has 0 amide bonds. The van der Waals surface area contributed by atoms with E-state index in [0.29, 0.717) is 36.3 Å². The molecule has 0 bridgehead atoms. The predicted molar refractivity (Wildman–Crippen MR) is 122 cm³/mol. The SMILES string of the molecule is CCCSc1nc(Cl)c(N)c(N[C@@H]2C[C@H](OCCOCC3CC3)[C@H]3OC(C)(C)O[C@H]32)n1. The zero-order valence-corrected chi connectivity index (χ0v) is 20.0. The zero-order valence-electron chi connectivity index (χ0n) is 18.4. The largest absolute Gasteiger partial charge is 0.393 e. The normalized spacial score (nSPS) is 29.3. The smallest absolute Gasteiger partial charge is 0.191 e. The van der Waals surface area contributed by atoms with Crippen LogP contribution in [0.5, 0.6) is 0 Å². The lowest BCUT2D eigenvalue weighted by Gasteiger charge is -2.24. The minimum atomic E-state index is -0.670. The van der Waals surface area contributed by atoms with Crippen LogP contribution in [-0.4, -0.2) is 65.7 Å². The Morgan fingerprint density at radius 3 is 2.74 bits per heavy atom. The van der Waals surface area contributed by atoms with E-state index < -0.39 is 5.79 Å². The van der Waals surface area contributed by atoms with E-state index in [9.17, 15) is 0 Å². The predicted octanol–water partition coefficient (Wildman–Crippen LogP) is 3.73. The standard InChI is InChI=1S/C21H33ClN4O4S/c1-4-9-31-20-25-18(22)15(23)19(26-20)24-13-10-14(17-16(13)29-21(2,3)30-17)28-8-7-27-11-12-5-6-12/h12-14,16-17H,4-11,23H2,1-3H3,(H,24,25,26)/t13-,14+,16+,17-/m1/s1. The number of fused-ring (bicyclic) bond motifs is 1. The van der Waals surface area contributed by atoms with Crippen molar-refractivity contribution < 1.29 is 18.9 Å². The third-order valence-electron chi connectivity index (χ3n) is 5.66. The van der Waals surface area contributed by atoms with Gasteiger partial charge in [-0.25, -0.2) is 9.97 Å². The van der Waals surface area contributed by atoms with Gasteiger partial charge in [-0.05, 0) is 45.4 Å². The topological polar surface area (TPSA) is 101 Å². The lowest BCUT2D eigenvalue weighted by Crippen LogP contribution is -2.35. The minimum Gasteiger partial charge on any atom is -0.393 e. The van der Waals surface area contributed by atoms with Crippen molar-refractivity contribution in [1.82, 2.24) is 9.97 Å². The van der Waals surface area contributed by atoms with Gasteiger partial charge < -0.3 is 30.0 Å². The first-order valence-corrected chi connectivity index (χ1v) is 12.5. The summed E-state index contributed by atoms with van der Waals surface area (Å²) in [6, 6.07) is -0.0681. The Hall–Kier alpha value is -0.840. The number of nitrogen functional groups attached to an aromatic ring is 1. The molecule has 4 atom stereocenters. The van der Waals surface area contributed by atoms with Crippen molar-refractivity contribution in [1.29, 1.82) is 0 Å². The number of ether oxygens (including phenoxy) is 4. The van der Waals surface area contributed by atoms with E-state index in [4.69, 9.17) is 36.3 Å². The van der Waals surface area contributed by atoms with E-state index in [1.54, 1.807) is 11.8 Å². The molecule has 0 aromatic carbocycles. The van der Waals surface area contributed by atoms with E-state index in [-0.39, 0.29) is 29.5 Å². The second-order valence-electron chi connectivity index (χ2n) is 8.89. The average molecular weight is 473 g/mol. The van der Waals surface area contributed by atoms with Crippen LogP contribution in [0.3, 0.4) is 0 Å². The van der Waals surface area contributed by atoms with Gasteiger partial charge in [0.25, 0.3) is 0 Å². The highest BCUT2D eigenvalue weighted by molar-refractivity contribution is 7.99. The molecule has 3 fully saturated rings. The van der Waals surface area contributed by atoms with E-state index >= 15 is 0 Å². The molecular weight excluding hydrogens is 440 g/mol. The monoisotopic (exact) mass is 472 g/mol. The number of thioether (sulfide) groups is 1. The quantitative estimate of drug-likeness (QED) is 0.216. The zero-order chi connectivity index (χ0) is 22.0. The van der Waals surface area contributed by atoms with Crippen molar-refractivity contribution in [3.05, 3.63) is 5.15 Å². The van der Waals surface area contributed by atoms with Crippen molar-refractivity contribution in [2.75, 3.05) is 36.6 Å². The number of nitrogens with zero attached hydrogens (tertiary/aromatic N) is 2. The molecule has 10 heteroatoms. The first kappa shape index (κ1) is 23.3. The van der Waals surface area contributed by atoms with E-state index in [0.717, 1.165) is 24.7 Å². The number of nitrogens with one attached hydrogen (secondary N) is 1. The van der Waals surface area contributed by atoms with Gasteiger partial charge in [-0.15, -0.1) is 0 Å². The molecule has 1 aliphatic heterocycles. The Bertz CT molecular complexity index is 767. The van der Waals surface area contributed by atoms with Crippen molar-refractivity contribution in [2.24, 2.45) is 5.92 Å². The van der Waals surface area contributed by atoms with E-state index in [1.165, 1.54) is 12.8 Å². The summed E-state index contributed by atoms with van der Waals surface area (Å²) in [7, 11) is 0. The first-order valence-electron chi connectivity index (χ1n) is 11.1. The van der Waals surface area contributed by atoms with Gasteiger partial charge in [-0.2, -0.15) is 0 Å². The van der Waals surface area contributed by atoms with Crippen LogP contribution in [0.4, 0.5) is 11.5 Å². The summed E-state index contributed by atoms with van der Waals surface area (Å²) in [5.41, 5.74) is 6.52. The number of aromatic nitrogens is 2. The third kappa shape index (κ3) is 5.94. The Labute approximate surface area is 193 Å². The Kier molecular flexibility index (Phi) is 7.50.